The number of nitrogens with zero attached hydrogens (tertiary/aromatic N) is 3. The zero-order chi connectivity index (χ0) is 22.2. The minimum Gasteiger partial charge on any atom is -0.351 e. The van der Waals surface area contributed by atoms with Crippen molar-refractivity contribution in [2.24, 2.45) is 0 Å². The van der Waals surface area contributed by atoms with E-state index in [1.165, 1.54) is 0 Å². The van der Waals surface area contributed by atoms with Crippen LogP contribution in [0.15, 0.2) is 54.7 Å². The summed E-state index contributed by atoms with van der Waals surface area (Å²) in [6, 6.07) is 15.9. The molecule has 0 aliphatic heterocycles. The summed E-state index contributed by atoms with van der Waals surface area (Å²) in [4.78, 5) is 31.6. The topological polar surface area (TPSA) is 66.7 Å². The highest BCUT2D eigenvalue weighted by atomic mass is 16.2. The summed E-state index contributed by atoms with van der Waals surface area (Å²) < 4.78 is 1.82. The van der Waals surface area contributed by atoms with E-state index in [-0.39, 0.29) is 17.9 Å². The molecule has 3 rings (SSSR count). The summed E-state index contributed by atoms with van der Waals surface area (Å²) in [6.07, 6.45) is 4.95. The van der Waals surface area contributed by atoms with Crippen molar-refractivity contribution in [3.63, 3.8) is 0 Å². The van der Waals surface area contributed by atoms with Crippen LogP contribution in [0, 0.1) is 6.92 Å². The first-order chi connectivity index (χ1) is 15.0. The van der Waals surface area contributed by atoms with E-state index in [0.29, 0.717) is 25.2 Å². The fraction of sp³-hybridized carbons (Fsp3) is 0.400. The molecule has 0 saturated heterocycles. The van der Waals surface area contributed by atoms with Gasteiger partial charge in [0.1, 0.15) is 11.3 Å². The van der Waals surface area contributed by atoms with Crippen LogP contribution in [0.2, 0.25) is 0 Å². The molecule has 0 bridgehead atoms. The van der Waals surface area contributed by atoms with Crippen LogP contribution in [0.25, 0.3) is 5.65 Å². The van der Waals surface area contributed by atoms with E-state index in [0.717, 1.165) is 36.2 Å². The number of imidazole rings is 1. The van der Waals surface area contributed by atoms with Crippen LogP contribution >= 0.6 is 0 Å². The van der Waals surface area contributed by atoms with E-state index in [1.54, 1.807) is 0 Å². The Balaban J connectivity index is 1.40. The van der Waals surface area contributed by atoms with E-state index < -0.39 is 0 Å². The maximum absolute atomic E-state index is 12.7. The van der Waals surface area contributed by atoms with Gasteiger partial charge in [-0.1, -0.05) is 42.8 Å². The van der Waals surface area contributed by atoms with E-state index in [1.807, 2.05) is 58.8 Å². The van der Waals surface area contributed by atoms with Crippen molar-refractivity contribution >= 4 is 17.5 Å². The van der Waals surface area contributed by atoms with E-state index in [2.05, 4.69) is 36.3 Å². The Kier molecular flexibility index (Phi) is 7.82. The highest BCUT2D eigenvalue weighted by molar-refractivity contribution is 5.94. The SMILES string of the molecule is Cc1nc2ccccn2c1C(=O)NCCCCCC(=O)N(Cc1ccccc1)C(C)C. The van der Waals surface area contributed by atoms with Crippen molar-refractivity contribution in [1.82, 2.24) is 19.6 Å². The molecule has 164 valence electrons. The van der Waals surface area contributed by atoms with Crippen LogP contribution in [0.3, 0.4) is 0 Å². The Morgan fingerprint density at radius 2 is 1.77 bits per heavy atom. The zero-order valence-electron chi connectivity index (χ0n) is 18.7. The second-order valence-electron chi connectivity index (χ2n) is 8.14. The molecule has 2 aromatic heterocycles. The quantitative estimate of drug-likeness (QED) is 0.495. The molecule has 31 heavy (non-hydrogen) atoms. The van der Waals surface area contributed by atoms with Crippen molar-refractivity contribution in [3.05, 3.63) is 71.7 Å². The average Bonchev–Trinajstić information content (AvgIpc) is 3.10. The zero-order valence-corrected chi connectivity index (χ0v) is 18.7. The lowest BCUT2D eigenvalue weighted by molar-refractivity contribution is -0.133. The molecule has 0 spiro atoms. The van der Waals surface area contributed by atoms with Gasteiger partial charge in [-0.15, -0.1) is 0 Å². The van der Waals surface area contributed by atoms with Gasteiger partial charge in [-0.05, 0) is 51.3 Å². The first kappa shape index (κ1) is 22.5. The van der Waals surface area contributed by atoms with Gasteiger partial charge in [-0.3, -0.25) is 14.0 Å². The molecule has 6 heteroatoms. The Labute approximate surface area is 184 Å². The molecule has 1 aromatic carbocycles. The number of unbranched alkanes of at least 4 members (excludes halogenated alkanes) is 2. The molecule has 0 fully saturated rings. The van der Waals surface area contributed by atoms with Gasteiger partial charge in [0.05, 0.1) is 5.69 Å². The lowest BCUT2D eigenvalue weighted by Crippen LogP contribution is -2.36. The van der Waals surface area contributed by atoms with Crippen molar-refractivity contribution < 1.29 is 9.59 Å². The van der Waals surface area contributed by atoms with Gasteiger partial charge in [-0.2, -0.15) is 0 Å². The lowest BCUT2D eigenvalue weighted by atomic mass is 10.1. The third-order valence-electron chi connectivity index (χ3n) is 5.41. The monoisotopic (exact) mass is 420 g/mol. The number of carbonyl (C=O) groups excluding carboxylic acids is 2. The minimum atomic E-state index is -0.110. The average molecular weight is 421 g/mol. The van der Waals surface area contributed by atoms with Crippen LogP contribution in [0.1, 0.15) is 61.3 Å². The highest BCUT2D eigenvalue weighted by Crippen LogP contribution is 2.13. The third kappa shape index (κ3) is 5.94. The van der Waals surface area contributed by atoms with Crippen molar-refractivity contribution in [2.75, 3.05) is 6.54 Å². The lowest BCUT2D eigenvalue weighted by Gasteiger charge is -2.27. The second kappa shape index (κ2) is 10.8. The normalized spacial score (nSPS) is 11.1. The van der Waals surface area contributed by atoms with Crippen LogP contribution in [-0.2, 0) is 11.3 Å². The molecular formula is C25H32N4O2. The molecule has 0 atom stereocenters. The van der Waals surface area contributed by atoms with Gasteiger partial charge in [0, 0.05) is 31.7 Å². The van der Waals surface area contributed by atoms with E-state index in [9.17, 15) is 9.59 Å². The predicted octanol–water partition coefficient (Wildman–Crippen LogP) is 4.37. The third-order valence-corrected chi connectivity index (χ3v) is 5.41. The standard InChI is InChI=1S/C25H32N4O2/c1-19(2)29(18-21-12-6-4-7-13-21)23(30)15-8-5-10-16-26-25(31)24-20(3)27-22-14-9-11-17-28(22)24/h4,6-7,9,11-14,17,19H,5,8,10,15-16,18H2,1-3H3,(H,26,31). The number of rotatable bonds is 10. The van der Waals surface area contributed by atoms with Crippen molar-refractivity contribution in [2.45, 2.75) is 59.0 Å². The molecule has 1 N–H and O–H groups in total. The van der Waals surface area contributed by atoms with Crippen LogP contribution in [0.4, 0.5) is 0 Å². The molecule has 2 amide bonds. The fourth-order valence-electron chi connectivity index (χ4n) is 3.73. The Morgan fingerprint density at radius 3 is 2.52 bits per heavy atom. The molecular weight excluding hydrogens is 388 g/mol. The van der Waals surface area contributed by atoms with Gasteiger partial charge < -0.3 is 10.2 Å². The van der Waals surface area contributed by atoms with Gasteiger partial charge in [-0.25, -0.2) is 4.98 Å². The molecule has 0 radical (unpaired) electrons. The van der Waals surface area contributed by atoms with Crippen molar-refractivity contribution in [1.29, 1.82) is 0 Å². The summed E-state index contributed by atoms with van der Waals surface area (Å²) in [7, 11) is 0. The number of aromatic nitrogens is 2. The summed E-state index contributed by atoms with van der Waals surface area (Å²) in [5, 5.41) is 2.98. The summed E-state index contributed by atoms with van der Waals surface area (Å²) in [6.45, 7) is 7.19. The summed E-state index contributed by atoms with van der Waals surface area (Å²) in [5.74, 6) is 0.0744. The smallest absolute Gasteiger partial charge is 0.270 e. The molecule has 2 heterocycles. The number of pyridine rings is 1. The first-order valence-corrected chi connectivity index (χ1v) is 11.0. The van der Waals surface area contributed by atoms with Gasteiger partial charge in [0.15, 0.2) is 0 Å². The Hall–Kier alpha value is -3.15. The predicted molar refractivity (Wildman–Crippen MR) is 123 cm³/mol. The van der Waals surface area contributed by atoms with Crippen LogP contribution in [-0.4, -0.2) is 38.7 Å². The number of carbonyl (C=O) groups is 2. The van der Waals surface area contributed by atoms with Gasteiger partial charge in [0.25, 0.3) is 5.91 Å². The number of nitrogens with one attached hydrogen (secondary N) is 1. The number of hydrogen-bond donors (Lipinski definition) is 1. The Bertz CT molecular complexity index is 1010. The number of benzene rings is 1. The number of amides is 2. The highest BCUT2D eigenvalue weighted by Gasteiger charge is 2.17. The molecule has 0 aliphatic rings. The summed E-state index contributed by atoms with van der Waals surface area (Å²) >= 11 is 0. The fourth-order valence-corrected chi connectivity index (χ4v) is 3.73. The van der Waals surface area contributed by atoms with E-state index in [4.69, 9.17) is 0 Å². The van der Waals surface area contributed by atoms with Crippen LogP contribution in [0.5, 0.6) is 0 Å². The number of fused-ring (bicyclic) bond motifs is 1. The minimum absolute atomic E-state index is 0.110. The molecule has 6 nitrogen and oxygen atoms in total. The Morgan fingerprint density at radius 1 is 1.03 bits per heavy atom. The largest absolute Gasteiger partial charge is 0.351 e. The molecule has 3 aromatic rings. The van der Waals surface area contributed by atoms with E-state index >= 15 is 0 Å². The van der Waals surface area contributed by atoms with Crippen LogP contribution < -0.4 is 5.32 Å². The molecule has 0 saturated carbocycles. The molecule has 0 unspecified atom stereocenters. The first-order valence-electron chi connectivity index (χ1n) is 11.0. The summed E-state index contributed by atoms with van der Waals surface area (Å²) in [5.41, 5.74) is 3.23. The number of aryl methyl sites for hydroxylation is 1. The second-order valence-corrected chi connectivity index (χ2v) is 8.14. The maximum Gasteiger partial charge on any atom is 0.270 e. The van der Waals surface area contributed by atoms with Gasteiger partial charge >= 0.3 is 0 Å². The van der Waals surface area contributed by atoms with Crippen molar-refractivity contribution in [3.8, 4) is 0 Å². The number of hydrogen-bond acceptors (Lipinski definition) is 3. The molecule has 0 aliphatic carbocycles. The maximum atomic E-state index is 12.7. The van der Waals surface area contributed by atoms with Gasteiger partial charge in [0.2, 0.25) is 5.91 Å².